The monoisotopic (exact) mass is 306 g/mol. The molecule has 23 heavy (non-hydrogen) atoms. The first-order chi connectivity index (χ1) is 11.0. The normalized spacial score (nSPS) is 21.5. The molecule has 0 bridgehead atoms. The molecule has 1 spiro atoms. The van der Waals surface area contributed by atoms with Gasteiger partial charge in [0.05, 0.1) is 6.17 Å². The Morgan fingerprint density at radius 2 is 1.52 bits per heavy atom. The molecule has 1 saturated heterocycles. The van der Waals surface area contributed by atoms with Crippen molar-refractivity contribution in [2.75, 3.05) is 0 Å². The zero-order valence-corrected chi connectivity index (χ0v) is 13.6. The fourth-order valence-corrected chi connectivity index (χ4v) is 4.34. The minimum absolute atomic E-state index is 0.0436. The Hall–Kier alpha value is -2.13. The van der Waals surface area contributed by atoms with Crippen LogP contribution in [0.3, 0.4) is 0 Å². The van der Waals surface area contributed by atoms with E-state index in [9.17, 15) is 4.79 Å². The number of hydrogen-bond donors (Lipinski definition) is 2. The van der Waals surface area contributed by atoms with Gasteiger partial charge in [-0.15, -0.1) is 0 Å². The van der Waals surface area contributed by atoms with Gasteiger partial charge in [0.25, 0.3) is 0 Å². The fraction of sp³-hybridized carbons (Fsp3) is 0.350. The van der Waals surface area contributed by atoms with Crippen molar-refractivity contribution in [3.05, 3.63) is 69.8 Å². The number of benzene rings is 2. The third-order valence-corrected chi connectivity index (χ3v) is 5.33. The molecule has 0 saturated carbocycles. The van der Waals surface area contributed by atoms with Crippen molar-refractivity contribution in [2.45, 2.75) is 44.7 Å². The molecular formula is C20H22N2O. The molecule has 1 aliphatic carbocycles. The second kappa shape index (κ2) is 4.93. The molecule has 118 valence electrons. The predicted molar refractivity (Wildman–Crippen MR) is 91.3 cm³/mol. The molecule has 1 fully saturated rings. The molecule has 3 heteroatoms. The zero-order chi connectivity index (χ0) is 16.2. The summed E-state index contributed by atoms with van der Waals surface area (Å²) in [6.45, 7) is 4.21. The van der Waals surface area contributed by atoms with Crippen molar-refractivity contribution in [2.24, 2.45) is 5.73 Å². The SMILES string of the molecule is Cc1ccc2c(c1)CCc1cc(C)ccc1C21C[C@@H](N)NC1=O. The zero-order valence-electron chi connectivity index (χ0n) is 13.6. The maximum absolute atomic E-state index is 13.0. The Kier molecular flexibility index (Phi) is 3.10. The van der Waals surface area contributed by atoms with Gasteiger partial charge in [-0.3, -0.25) is 4.79 Å². The summed E-state index contributed by atoms with van der Waals surface area (Å²) in [6, 6.07) is 12.9. The van der Waals surface area contributed by atoms with Crippen LogP contribution in [0.15, 0.2) is 36.4 Å². The van der Waals surface area contributed by atoms with Crippen LogP contribution in [-0.2, 0) is 23.1 Å². The van der Waals surface area contributed by atoms with Crippen molar-refractivity contribution in [1.82, 2.24) is 5.32 Å². The van der Waals surface area contributed by atoms with Gasteiger partial charge in [0.2, 0.25) is 5.91 Å². The van der Waals surface area contributed by atoms with Crippen LogP contribution in [0.5, 0.6) is 0 Å². The standard InChI is InChI=1S/C20H22N2O/c1-12-3-7-16-14(9-12)5-6-15-10-13(2)4-8-17(15)20(16)11-18(21)22-19(20)23/h3-4,7-10,18H,5-6,11,21H2,1-2H3,(H,22,23)/t18-/m0/s1. The molecule has 0 radical (unpaired) electrons. The van der Waals surface area contributed by atoms with E-state index in [2.05, 4.69) is 55.6 Å². The Balaban J connectivity index is 2.05. The molecule has 3 nitrogen and oxygen atoms in total. The van der Waals surface area contributed by atoms with Crippen molar-refractivity contribution in [1.29, 1.82) is 0 Å². The highest BCUT2D eigenvalue weighted by Gasteiger charge is 2.51. The van der Waals surface area contributed by atoms with Gasteiger partial charge in [0, 0.05) is 6.42 Å². The number of aryl methyl sites for hydroxylation is 4. The molecule has 2 aromatic carbocycles. The Morgan fingerprint density at radius 1 is 1.00 bits per heavy atom. The van der Waals surface area contributed by atoms with Crippen molar-refractivity contribution >= 4 is 5.91 Å². The largest absolute Gasteiger partial charge is 0.340 e. The second-order valence-corrected chi connectivity index (χ2v) is 7.01. The van der Waals surface area contributed by atoms with Crippen molar-refractivity contribution in [3.63, 3.8) is 0 Å². The quantitative estimate of drug-likeness (QED) is 0.786. The molecule has 1 amide bonds. The highest BCUT2D eigenvalue weighted by molar-refractivity contribution is 5.95. The topological polar surface area (TPSA) is 55.1 Å². The van der Waals surface area contributed by atoms with E-state index in [0.29, 0.717) is 6.42 Å². The van der Waals surface area contributed by atoms with E-state index in [4.69, 9.17) is 5.73 Å². The van der Waals surface area contributed by atoms with Crippen LogP contribution < -0.4 is 11.1 Å². The smallest absolute Gasteiger partial charge is 0.236 e. The summed E-state index contributed by atoms with van der Waals surface area (Å²) >= 11 is 0. The van der Waals surface area contributed by atoms with E-state index in [1.54, 1.807) is 0 Å². The molecule has 3 N–H and O–H groups in total. The van der Waals surface area contributed by atoms with Gasteiger partial charge in [-0.1, -0.05) is 47.5 Å². The lowest BCUT2D eigenvalue weighted by atomic mass is 9.70. The molecule has 2 aromatic rings. The van der Waals surface area contributed by atoms with Gasteiger partial charge < -0.3 is 11.1 Å². The number of carbonyl (C=O) groups is 1. The van der Waals surface area contributed by atoms with E-state index < -0.39 is 5.41 Å². The molecule has 1 heterocycles. The Labute approximate surface area is 136 Å². The highest BCUT2D eigenvalue weighted by Crippen LogP contribution is 2.45. The van der Waals surface area contributed by atoms with E-state index in [1.165, 1.54) is 22.3 Å². The molecule has 1 aliphatic heterocycles. The lowest BCUT2D eigenvalue weighted by molar-refractivity contribution is -0.122. The second-order valence-electron chi connectivity index (χ2n) is 7.01. The first kappa shape index (κ1) is 14.5. The van der Waals surface area contributed by atoms with E-state index in [1.807, 2.05) is 0 Å². The number of rotatable bonds is 0. The van der Waals surface area contributed by atoms with Crippen LogP contribution >= 0.6 is 0 Å². The van der Waals surface area contributed by atoms with Crippen LogP contribution in [0.2, 0.25) is 0 Å². The van der Waals surface area contributed by atoms with Crippen LogP contribution in [0, 0.1) is 13.8 Å². The summed E-state index contributed by atoms with van der Waals surface area (Å²) < 4.78 is 0. The lowest BCUT2D eigenvalue weighted by Gasteiger charge is -2.29. The summed E-state index contributed by atoms with van der Waals surface area (Å²) in [5.41, 5.74) is 12.8. The summed E-state index contributed by atoms with van der Waals surface area (Å²) in [5.74, 6) is 0.0436. The van der Waals surface area contributed by atoms with Gasteiger partial charge >= 0.3 is 0 Å². The van der Waals surface area contributed by atoms with Gasteiger partial charge in [-0.05, 0) is 48.9 Å². The average Bonchev–Trinajstić information content (AvgIpc) is 2.72. The third-order valence-electron chi connectivity index (χ3n) is 5.33. The molecule has 4 rings (SSSR count). The number of fused-ring (bicyclic) bond motifs is 4. The van der Waals surface area contributed by atoms with Crippen LogP contribution in [0.1, 0.15) is 39.8 Å². The van der Waals surface area contributed by atoms with Gasteiger partial charge in [-0.25, -0.2) is 0 Å². The summed E-state index contributed by atoms with van der Waals surface area (Å²) in [6.07, 6.45) is 2.27. The summed E-state index contributed by atoms with van der Waals surface area (Å²) in [5, 5.41) is 2.95. The number of nitrogens with one attached hydrogen (secondary N) is 1. The maximum Gasteiger partial charge on any atom is 0.236 e. The van der Waals surface area contributed by atoms with Crippen LogP contribution in [-0.4, -0.2) is 12.1 Å². The van der Waals surface area contributed by atoms with Gasteiger partial charge in [0.1, 0.15) is 5.41 Å². The average molecular weight is 306 g/mol. The predicted octanol–water partition coefficient (Wildman–Crippen LogP) is 2.49. The Morgan fingerprint density at radius 3 is 1.96 bits per heavy atom. The number of amides is 1. The molecule has 1 atom stereocenters. The minimum Gasteiger partial charge on any atom is -0.340 e. The van der Waals surface area contributed by atoms with Crippen molar-refractivity contribution < 1.29 is 4.79 Å². The maximum atomic E-state index is 13.0. The van der Waals surface area contributed by atoms with E-state index in [-0.39, 0.29) is 12.1 Å². The highest BCUT2D eigenvalue weighted by atomic mass is 16.2. The fourth-order valence-electron chi connectivity index (χ4n) is 4.34. The van der Waals surface area contributed by atoms with E-state index in [0.717, 1.165) is 24.0 Å². The summed E-state index contributed by atoms with van der Waals surface area (Å²) in [4.78, 5) is 13.0. The third kappa shape index (κ3) is 2.03. The Bertz CT molecular complexity index is 756. The number of nitrogens with two attached hydrogens (primary N) is 1. The molecular weight excluding hydrogens is 284 g/mol. The first-order valence-electron chi connectivity index (χ1n) is 8.27. The first-order valence-corrected chi connectivity index (χ1v) is 8.27. The molecule has 0 aromatic heterocycles. The van der Waals surface area contributed by atoms with Crippen LogP contribution in [0.4, 0.5) is 0 Å². The van der Waals surface area contributed by atoms with E-state index >= 15 is 0 Å². The minimum atomic E-state index is -0.637. The van der Waals surface area contributed by atoms with Gasteiger partial charge in [0.15, 0.2) is 0 Å². The summed E-state index contributed by atoms with van der Waals surface area (Å²) in [7, 11) is 0. The molecule has 2 aliphatic rings. The van der Waals surface area contributed by atoms with Crippen molar-refractivity contribution in [3.8, 4) is 0 Å². The van der Waals surface area contributed by atoms with Gasteiger partial charge in [-0.2, -0.15) is 0 Å². The molecule has 0 unspecified atom stereocenters. The number of hydrogen-bond acceptors (Lipinski definition) is 2. The lowest BCUT2D eigenvalue weighted by Crippen LogP contribution is -2.38. The number of carbonyl (C=O) groups excluding carboxylic acids is 1. The van der Waals surface area contributed by atoms with Crippen LogP contribution in [0.25, 0.3) is 0 Å².